The number of alkyl halides is 3. The van der Waals surface area contributed by atoms with Gasteiger partial charge < -0.3 is 9.84 Å². The van der Waals surface area contributed by atoms with Gasteiger partial charge in [0, 0.05) is 13.1 Å². The second kappa shape index (κ2) is 6.55. The lowest BCUT2D eigenvalue weighted by molar-refractivity contribution is -0.275. The summed E-state index contributed by atoms with van der Waals surface area (Å²) < 4.78 is 80.5. The molecule has 1 unspecified atom stereocenters. The van der Waals surface area contributed by atoms with E-state index in [0.717, 1.165) is 6.07 Å². The van der Waals surface area contributed by atoms with Crippen molar-refractivity contribution in [1.29, 1.82) is 0 Å². The number of benzene rings is 1. The van der Waals surface area contributed by atoms with Crippen LogP contribution in [0.3, 0.4) is 0 Å². The summed E-state index contributed by atoms with van der Waals surface area (Å²) in [5, 5.41) is 8.99. The Bertz CT molecular complexity index is 734. The Morgan fingerprint density at radius 2 is 2.00 bits per heavy atom. The molecule has 0 amide bonds. The minimum atomic E-state index is -5.20. The molecule has 1 aromatic rings. The SMILES string of the molecule is O=C(O)C1CCCN(S(=O)(=O)c2c(F)cccc2OC(F)(F)F)C1. The number of piperidine rings is 1. The Hall–Kier alpha value is -1.88. The van der Waals surface area contributed by atoms with E-state index in [1.54, 1.807) is 0 Å². The number of carbonyl (C=O) groups is 1. The van der Waals surface area contributed by atoms with Gasteiger partial charge in [-0.15, -0.1) is 13.2 Å². The van der Waals surface area contributed by atoms with E-state index < -0.39 is 51.3 Å². The van der Waals surface area contributed by atoms with Gasteiger partial charge in [-0.1, -0.05) is 6.07 Å². The van der Waals surface area contributed by atoms with Gasteiger partial charge in [-0.2, -0.15) is 4.31 Å². The third kappa shape index (κ3) is 3.96. The van der Waals surface area contributed by atoms with Crippen molar-refractivity contribution in [3.05, 3.63) is 24.0 Å². The van der Waals surface area contributed by atoms with E-state index in [2.05, 4.69) is 4.74 Å². The number of carboxylic acids is 1. The average molecular weight is 371 g/mol. The fraction of sp³-hybridized carbons (Fsp3) is 0.462. The summed E-state index contributed by atoms with van der Waals surface area (Å²) in [6.07, 6.45) is -4.78. The molecule has 0 bridgehead atoms. The van der Waals surface area contributed by atoms with Crippen molar-refractivity contribution in [1.82, 2.24) is 4.31 Å². The number of aliphatic carboxylic acids is 1. The third-order valence-electron chi connectivity index (χ3n) is 3.49. The summed E-state index contributed by atoms with van der Waals surface area (Å²) in [5.74, 6) is -4.84. The zero-order valence-electron chi connectivity index (χ0n) is 12.1. The van der Waals surface area contributed by atoms with Crippen LogP contribution < -0.4 is 4.74 Å². The van der Waals surface area contributed by atoms with Crippen molar-refractivity contribution in [2.45, 2.75) is 24.1 Å². The molecular weight excluding hydrogens is 358 g/mol. The smallest absolute Gasteiger partial charge is 0.481 e. The van der Waals surface area contributed by atoms with Gasteiger partial charge in [0.05, 0.1) is 5.92 Å². The Morgan fingerprint density at radius 3 is 2.58 bits per heavy atom. The van der Waals surface area contributed by atoms with E-state index in [-0.39, 0.29) is 19.4 Å². The lowest BCUT2D eigenvalue weighted by atomic mass is 10.0. The molecule has 0 spiro atoms. The van der Waals surface area contributed by atoms with Crippen LogP contribution in [0.25, 0.3) is 0 Å². The van der Waals surface area contributed by atoms with Gasteiger partial charge in [-0.3, -0.25) is 4.79 Å². The zero-order chi connectivity index (χ0) is 18.1. The van der Waals surface area contributed by atoms with E-state index in [0.29, 0.717) is 16.4 Å². The molecule has 1 aliphatic heterocycles. The summed E-state index contributed by atoms with van der Waals surface area (Å²) in [4.78, 5) is 9.76. The number of ether oxygens (including phenoxy) is 1. The number of hydrogen-bond donors (Lipinski definition) is 1. The van der Waals surface area contributed by atoms with Crippen LogP contribution in [0.1, 0.15) is 12.8 Å². The van der Waals surface area contributed by atoms with Crippen molar-refractivity contribution in [2.24, 2.45) is 5.92 Å². The van der Waals surface area contributed by atoms with Gasteiger partial charge in [0.15, 0.2) is 10.6 Å². The molecule has 0 saturated carbocycles. The summed E-state index contributed by atoms with van der Waals surface area (Å²) in [6, 6.07) is 2.25. The van der Waals surface area contributed by atoms with Crippen molar-refractivity contribution in [3.63, 3.8) is 0 Å². The highest BCUT2D eigenvalue weighted by Gasteiger charge is 2.39. The molecule has 134 valence electrons. The van der Waals surface area contributed by atoms with Crippen LogP contribution in [0, 0.1) is 11.7 Å². The molecule has 1 aromatic carbocycles. The normalized spacial score (nSPS) is 19.9. The predicted molar refractivity (Wildman–Crippen MR) is 72.2 cm³/mol. The highest BCUT2D eigenvalue weighted by molar-refractivity contribution is 7.89. The van der Waals surface area contributed by atoms with Gasteiger partial charge in [0.1, 0.15) is 5.82 Å². The zero-order valence-corrected chi connectivity index (χ0v) is 12.9. The Labute approximate surface area is 134 Å². The van der Waals surface area contributed by atoms with Crippen molar-refractivity contribution < 1.29 is 40.6 Å². The van der Waals surface area contributed by atoms with Crippen LogP contribution in [0.4, 0.5) is 17.6 Å². The van der Waals surface area contributed by atoms with Crippen molar-refractivity contribution >= 4 is 16.0 Å². The van der Waals surface area contributed by atoms with Crippen molar-refractivity contribution in [3.8, 4) is 5.75 Å². The van der Waals surface area contributed by atoms with Crippen LogP contribution in [-0.2, 0) is 14.8 Å². The summed E-state index contributed by atoms with van der Waals surface area (Å²) in [5.41, 5.74) is 0. The first-order valence-corrected chi connectivity index (χ1v) is 8.23. The highest BCUT2D eigenvalue weighted by atomic mass is 32.2. The number of rotatable bonds is 4. The predicted octanol–water partition coefficient (Wildman–Crippen LogP) is 2.21. The van der Waals surface area contributed by atoms with Crippen LogP contribution in [0.5, 0.6) is 5.75 Å². The number of sulfonamides is 1. The van der Waals surface area contributed by atoms with Crippen LogP contribution in [0.2, 0.25) is 0 Å². The molecule has 0 aromatic heterocycles. The van der Waals surface area contributed by atoms with Crippen LogP contribution >= 0.6 is 0 Å². The molecule has 1 atom stereocenters. The Balaban J connectivity index is 2.44. The number of halogens is 4. The minimum Gasteiger partial charge on any atom is -0.481 e. The monoisotopic (exact) mass is 371 g/mol. The van der Waals surface area contributed by atoms with E-state index in [1.165, 1.54) is 0 Å². The van der Waals surface area contributed by atoms with Crippen molar-refractivity contribution in [2.75, 3.05) is 13.1 Å². The van der Waals surface area contributed by atoms with Crippen LogP contribution in [0.15, 0.2) is 23.1 Å². The standard InChI is InChI=1S/C13H13F4NO5S/c14-9-4-1-5-10(23-13(15,16)17)11(9)24(21,22)18-6-2-3-8(7-18)12(19)20/h1,4-5,8H,2-3,6-7H2,(H,19,20). The number of hydrogen-bond acceptors (Lipinski definition) is 4. The molecule has 1 saturated heterocycles. The van der Waals surface area contributed by atoms with Gasteiger partial charge in [0.25, 0.3) is 0 Å². The van der Waals surface area contributed by atoms with E-state index in [1.807, 2.05) is 0 Å². The minimum absolute atomic E-state index is 0.119. The maximum absolute atomic E-state index is 14.0. The average Bonchev–Trinajstić information content (AvgIpc) is 2.45. The molecule has 1 N–H and O–H groups in total. The fourth-order valence-corrected chi connectivity index (χ4v) is 4.12. The molecule has 0 radical (unpaired) electrons. The van der Waals surface area contributed by atoms with Gasteiger partial charge in [-0.05, 0) is 25.0 Å². The topological polar surface area (TPSA) is 83.9 Å². The molecule has 6 nitrogen and oxygen atoms in total. The molecule has 1 aliphatic rings. The molecule has 1 fully saturated rings. The second-order valence-corrected chi connectivity index (χ2v) is 7.03. The first-order valence-electron chi connectivity index (χ1n) is 6.79. The third-order valence-corrected chi connectivity index (χ3v) is 5.41. The van der Waals surface area contributed by atoms with E-state index >= 15 is 0 Å². The summed E-state index contributed by atoms with van der Waals surface area (Å²) >= 11 is 0. The lowest BCUT2D eigenvalue weighted by Gasteiger charge is -2.30. The van der Waals surface area contributed by atoms with Gasteiger partial charge in [0.2, 0.25) is 10.0 Å². The fourth-order valence-electron chi connectivity index (χ4n) is 2.44. The first kappa shape index (κ1) is 18.5. The van der Waals surface area contributed by atoms with Gasteiger partial charge >= 0.3 is 12.3 Å². The maximum atomic E-state index is 14.0. The highest BCUT2D eigenvalue weighted by Crippen LogP contribution is 2.34. The van der Waals surface area contributed by atoms with E-state index in [9.17, 15) is 30.8 Å². The quantitative estimate of drug-likeness (QED) is 0.821. The second-order valence-electron chi connectivity index (χ2n) is 5.16. The van der Waals surface area contributed by atoms with E-state index in [4.69, 9.17) is 5.11 Å². The molecule has 11 heteroatoms. The summed E-state index contributed by atoms with van der Waals surface area (Å²) in [6.45, 7) is -0.566. The Kier molecular flexibility index (Phi) is 5.04. The largest absolute Gasteiger partial charge is 0.573 e. The summed E-state index contributed by atoms with van der Waals surface area (Å²) in [7, 11) is -4.69. The molecule has 0 aliphatic carbocycles. The molecule has 2 rings (SSSR count). The first-order chi connectivity index (χ1) is 11.0. The molecular formula is C13H13F4NO5S. The molecule has 1 heterocycles. The Morgan fingerprint density at radius 1 is 1.33 bits per heavy atom. The maximum Gasteiger partial charge on any atom is 0.573 e. The lowest BCUT2D eigenvalue weighted by Crippen LogP contribution is -2.42. The van der Waals surface area contributed by atoms with Gasteiger partial charge in [-0.25, -0.2) is 12.8 Å². The molecule has 24 heavy (non-hydrogen) atoms. The van der Waals surface area contributed by atoms with Crippen LogP contribution in [-0.4, -0.2) is 43.3 Å². The number of carboxylic acid groups (broad SMARTS) is 1. The number of nitrogens with zero attached hydrogens (tertiary/aromatic N) is 1.